The Bertz CT molecular complexity index is 1600. The second kappa shape index (κ2) is 13.7. The zero-order valence-corrected chi connectivity index (χ0v) is 23.6. The second-order valence-corrected chi connectivity index (χ2v) is 10.5. The number of fused-ring (bicyclic) bond motifs is 1. The summed E-state index contributed by atoms with van der Waals surface area (Å²) in [5.74, 6) is 0. The van der Waals surface area contributed by atoms with E-state index in [2.05, 4.69) is 5.10 Å². The van der Waals surface area contributed by atoms with Crippen LogP contribution in [0.4, 0.5) is 0 Å². The van der Waals surface area contributed by atoms with E-state index in [4.69, 9.17) is 18.9 Å². The molecule has 43 heavy (non-hydrogen) atoms. The van der Waals surface area contributed by atoms with Crippen LogP contribution >= 0.6 is 0 Å². The summed E-state index contributed by atoms with van der Waals surface area (Å²) >= 11 is 0. The summed E-state index contributed by atoms with van der Waals surface area (Å²) in [4.78, 5) is 12.5. The quantitative estimate of drug-likeness (QED) is 0.133. The van der Waals surface area contributed by atoms with Gasteiger partial charge in [-0.3, -0.25) is 10.1 Å². The summed E-state index contributed by atoms with van der Waals surface area (Å²) < 4.78 is 27.2. The molecule has 9 nitrogen and oxygen atoms in total. The Balaban J connectivity index is 1.35. The minimum absolute atomic E-state index is 0.139. The lowest BCUT2D eigenvalue weighted by Crippen LogP contribution is -2.61. The van der Waals surface area contributed by atoms with Gasteiger partial charge in [0.15, 0.2) is 6.10 Å². The first-order valence-electron chi connectivity index (χ1n) is 14.3. The van der Waals surface area contributed by atoms with E-state index in [1.54, 1.807) is 10.9 Å². The lowest BCUT2D eigenvalue weighted by atomic mass is 9.95. The van der Waals surface area contributed by atoms with Gasteiger partial charge in [-0.1, -0.05) is 109 Å². The van der Waals surface area contributed by atoms with Crippen molar-refractivity contribution in [1.29, 1.82) is 0 Å². The molecule has 1 fully saturated rings. The van der Waals surface area contributed by atoms with Crippen molar-refractivity contribution >= 4 is 10.9 Å². The highest BCUT2D eigenvalue weighted by Crippen LogP contribution is 2.36. The van der Waals surface area contributed by atoms with E-state index >= 15 is 0 Å². The maximum absolute atomic E-state index is 12.9. The van der Waals surface area contributed by atoms with Gasteiger partial charge in [0.05, 0.1) is 38.1 Å². The summed E-state index contributed by atoms with van der Waals surface area (Å²) in [6.07, 6.45) is -1.82. The summed E-state index contributed by atoms with van der Waals surface area (Å²) in [6, 6.07) is 35.4. The van der Waals surface area contributed by atoms with E-state index in [9.17, 15) is 10.1 Å². The standard InChI is InChI=1S/C34H33N3O6/c38-37(39)31-33(42-23-27-16-8-3-9-17-27)32(41-22-26-14-6-2-7-15-26)30(24-40-21-25-12-4-1-5-13-25)43-34(31)36-29-19-11-10-18-28(29)20-35-36/h1-20,30-34H,21-24H2/t30-,31-,32+,33-,34-/m1/s1. The Morgan fingerprint density at radius 2 is 1.26 bits per heavy atom. The smallest absolute Gasteiger partial charge is 0.287 e. The fourth-order valence-corrected chi connectivity index (χ4v) is 5.46. The summed E-state index contributed by atoms with van der Waals surface area (Å²) in [6.45, 7) is 0.898. The van der Waals surface area contributed by atoms with E-state index in [0.29, 0.717) is 6.61 Å². The van der Waals surface area contributed by atoms with Gasteiger partial charge in [-0.25, -0.2) is 4.68 Å². The van der Waals surface area contributed by atoms with Crippen LogP contribution in [-0.4, -0.2) is 45.7 Å². The van der Waals surface area contributed by atoms with Crippen LogP contribution in [0.2, 0.25) is 0 Å². The zero-order chi connectivity index (χ0) is 29.4. The largest absolute Gasteiger partial charge is 0.374 e. The Morgan fingerprint density at radius 1 is 0.721 bits per heavy atom. The van der Waals surface area contributed by atoms with Gasteiger partial charge in [-0.15, -0.1) is 0 Å². The van der Waals surface area contributed by atoms with Crippen molar-refractivity contribution in [1.82, 2.24) is 9.78 Å². The van der Waals surface area contributed by atoms with Gasteiger partial charge < -0.3 is 18.9 Å². The van der Waals surface area contributed by atoms with Crippen LogP contribution in [0, 0.1) is 10.1 Å². The molecule has 0 saturated carbocycles. The number of ether oxygens (including phenoxy) is 4. The first-order chi connectivity index (χ1) is 21.2. The molecule has 1 aliphatic rings. The molecule has 6 rings (SSSR count). The Labute approximate surface area is 249 Å². The topological polar surface area (TPSA) is 97.9 Å². The highest BCUT2D eigenvalue weighted by molar-refractivity contribution is 5.78. The van der Waals surface area contributed by atoms with Crippen molar-refractivity contribution in [3.63, 3.8) is 0 Å². The van der Waals surface area contributed by atoms with Gasteiger partial charge >= 0.3 is 0 Å². The minimum atomic E-state index is -1.31. The third-order valence-electron chi connectivity index (χ3n) is 7.59. The highest BCUT2D eigenvalue weighted by Gasteiger charge is 2.55. The van der Waals surface area contributed by atoms with Crippen LogP contribution in [0.15, 0.2) is 121 Å². The highest BCUT2D eigenvalue weighted by atomic mass is 16.7. The monoisotopic (exact) mass is 579 g/mol. The molecular weight excluding hydrogens is 546 g/mol. The number of nitrogens with zero attached hydrogens (tertiary/aromatic N) is 3. The molecule has 0 unspecified atom stereocenters. The van der Waals surface area contributed by atoms with E-state index in [0.717, 1.165) is 27.6 Å². The molecular formula is C34H33N3O6. The molecule has 0 spiro atoms. The lowest BCUT2D eigenvalue weighted by molar-refractivity contribution is -0.569. The van der Waals surface area contributed by atoms with Crippen molar-refractivity contribution in [2.45, 2.75) is 50.4 Å². The first-order valence-corrected chi connectivity index (χ1v) is 14.3. The summed E-state index contributed by atoms with van der Waals surface area (Å²) in [5.41, 5.74) is 3.57. The van der Waals surface area contributed by atoms with E-state index < -0.39 is 30.6 Å². The predicted molar refractivity (Wildman–Crippen MR) is 161 cm³/mol. The van der Waals surface area contributed by atoms with Gasteiger partial charge in [0.2, 0.25) is 6.23 Å². The SMILES string of the molecule is O=[N+]([O-])[C@@H]1[C@@H](OCc2ccccc2)[C@@H](OCc2ccccc2)[C@@H](COCc2ccccc2)O[C@H]1n1ncc2ccccc21. The minimum Gasteiger partial charge on any atom is -0.374 e. The molecule has 0 radical (unpaired) electrons. The summed E-state index contributed by atoms with van der Waals surface area (Å²) in [5, 5.41) is 18.3. The van der Waals surface area contributed by atoms with Crippen molar-refractivity contribution < 1.29 is 23.9 Å². The number of hydrogen-bond acceptors (Lipinski definition) is 7. The Morgan fingerprint density at radius 3 is 1.86 bits per heavy atom. The third-order valence-corrected chi connectivity index (χ3v) is 7.59. The number of aromatic nitrogens is 2. The van der Waals surface area contributed by atoms with Gasteiger partial charge in [0.1, 0.15) is 12.2 Å². The maximum atomic E-state index is 12.9. The fourth-order valence-electron chi connectivity index (χ4n) is 5.46. The molecule has 5 atom stereocenters. The Kier molecular flexibility index (Phi) is 9.15. The van der Waals surface area contributed by atoms with Crippen molar-refractivity contribution in [2.75, 3.05) is 6.61 Å². The van der Waals surface area contributed by atoms with Crippen molar-refractivity contribution in [2.24, 2.45) is 0 Å². The number of nitro groups is 1. The normalized spacial score (nSPS) is 22.0. The zero-order valence-electron chi connectivity index (χ0n) is 23.6. The average molecular weight is 580 g/mol. The molecule has 0 amide bonds. The Hall–Kier alpha value is -4.41. The van der Waals surface area contributed by atoms with Crippen LogP contribution < -0.4 is 0 Å². The average Bonchev–Trinajstić information content (AvgIpc) is 3.48. The molecule has 9 heteroatoms. The maximum Gasteiger partial charge on any atom is 0.287 e. The van der Waals surface area contributed by atoms with Crippen molar-refractivity contribution in [3.05, 3.63) is 148 Å². The van der Waals surface area contributed by atoms with Gasteiger partial charge in [-0.2, -0.15) is 5.10 Å². The van der Waals surface area contributed by atoms with E-state index in [1.165, 1.54) is 0 Å². The van der Waals surface area contributed by atoms with Crippen LogP contribution in [0.1, 0.15) is 22.9 Å². The van der Waals surface area contributed by atoms with Crippen LogP contribution in [-0.2, 0) is 38.8 Å². The lowest BCUT2D eigenvalue weighted by Gasteiger charge is -2.42. The number of benzene rings is 4. The van der Waals surface area contributed by atoms with Gasteiger partial charge in [0.25, 0.3) is 6.04 Å². The van der Waals surface area contributed by atoms with Crippen LogP contribution in [0.25, 0.3) is 10.9 Å². The number of rotatable bonds is 12. The van der Waals surface area contributed by atoms with E-state index in [1.807, 2.05) is 115 Å². The molecule has 1 aliphatic heterocycles. The number of hydrogen-bond donors (Lipinski definition) is 0. The van der Waals surface area contributed by atoms with Crippen LogP contribution in [0.5, 0.6) is 0 Å². The molecule has 220 valence electrons. The molecule has 0 aliphatic carbocycles. The third kappa shape index (κ3) is 6.81. The summed E-state index contributed by atoms with van der Waals surface area (Å²) in [7, 11) is 0. The molecule has 1 aromatic heterocycles. The van der Waals surface area contributed by atoms with Gasteiger partial charge in [0, 0.05) is 10.3 Å². The molecule has 1 saturated heterocycles. The molecule has 5 aromatic rings. The van der Waals surface area contributed by atoms with Crippen LogP contribution in [0.3, 0.4) is 0 Å². The van der Waals surface area contributed by atoms with E-state index in [-0.39, 0.29) is 24.7 Å². The number of para-hydroxylation sites is 1. The molecule has 0 N–H and O–H groups in total. The molecule has 4 aromatic carbocycles. The predicted octanol–water partition coefficient (Wildman–Crippen LogP) is 5.97. The molecule has 0 bridgehead atoms. The first kappa shape index (κ1) is 28.7. The second-order valence-electron chi connectivity index (χ2n) is 10.5. The molecule has 2 heterocycles. The van der Waals surface area contributed by atoms with Crippen molar-refractivity contribution in [3.8, 4) is 0 Å². The fraction of sp³-hybridized carbons (Fsp3) is 0.265. The van der Waals surface area contributed by atoms with Gasteiger partial charge in [-0.05, 0) is 22.8 Å².